The first kappa shape index (κ1) is 13.5. The molecule has 0 saturated heterocycles. The van der Waals surface area contributed by atoms with Gasteiger partial charge in [-0.2, -0.15) is 10.2 Å². The van der Waals surface area contributed by atoms with Crippen LogP contribution >= 0.6 is 11.3 Å². The molecule has 0 aromatic carbocycles. The lowest BCUT2D eigenvalue weighted by molar-refractivity contribution is 0.223. The summed E-state index contributed by atoms with van der Waals surface area (Å²) in [7, 11) is 1.78. The first-order chi connectivity index (χ1) is 9.16. The summed E-state index contributed by atoms with van der Waals surface area (Å²) in [6.45, 7) is 2.50. The molecule has 0 spiro atoms. The zero-order chi connectivity index (χ0) is 13.7. The first-order valence-electron chi connectivity index (χ1n) is 5.99. The molecule has 0 radical (unpaired) electrons. The number of amides is 2. The monoisotopic (exact) mass is 276 g/mol. The minimum absolute atomic E-state index is 0.132. The van der Waals surface area contributed by atoms with E-state index in [-0.39, 0.29) is 6.03 Å². The van der Waals surface area contributed by atoms with Gasteiger partial charge in [0, 0.05) is 18.5 Å². The Morgan fingerprint density at radius 2 is 2.32 bits per heavy atom. The molecule has 2 heterocycles. The Morgan fingerprint density at radius 3 is 3.00 bits per heavy atom. The summed E-state index contributed by atoms with van der Waals surface area (Å²) in [5.41, 5.74) is 1.41. The maximum atomic E-state index is 12.0. The van der Waals surface area contributed by atoms with Gasteiger partial charge < -0.3 is 10.2 Å². The molecular weight excluding hydrogens is 260 g/mol. The molecule has 6 heteroatoms. The van der Waals surface area contributed by atoms with Gasteiger partial charge in [0.1, 0.15) is 0 Å². The van der Waals surface area contributed by atoms with Crippen molar-refractivity contribution in [1.29, 1.82) is 0 Å². The van der Waals surface area contributed by atoms with Crippen molar-refractivity contribution in [3.05, 3.63) is 40.3 Å². The molecule has 2 amide bonds. The Kier molecular flexibility index (Phi) is 4.46. The van der Waals surface area contributed by atoms with Crippen LogP contribution in [-0.4, -0.2) is 34.7 Å². The fraction of sp³-hybridized carbons (Fsp3) is 0.308. The van der Waals surface area contributed by atoms with Crippen molar-refractivity contribution in [3.8, 4) is 0 Å². The number of carbonyl (C=O) groups is 1. The van der Waals surface area contributed by atoms with Crippen molar-refractivity contribution in [2.24, 2.45) is 0 Å². The molecule has 0 aliphatic carbocycles. The average Bonchev–Trinajstić information content (AvgIpc) is 2.91. The van der Waals surface area contributed by atoms with E-state index in [1.807, 2.05) is 18.4 Å². The van der Waals surface area contributed by atoms with Crippen molar-refractivity contribution in [1.82, 2.24) is 15.1 Å². The van der Waals surface area contributed by atoms with Crippen molar-refractivity contribution in [2.75, 3.05) is 18.9 Å². The second kappa shape index (κ2) is 6.29. The van der Waals surface area contributed by atoms with Gasteiger partial charge in [-0.1, -0.05) is 6.07 Å². The predicted molar refractivity (Wildman–Crippen MR) is 76.4 cm³/mol. The van der Waals surface area contributed by atoms with Crippen molar-refractivity contribution < 1.29 is 4.79 Å². The SMILES string of the molecule is Cc1nnccc1NC(=O)N(C)CCc1cccs1. The molecule has 2 aromatic rings. The number of rotatable bonds is 4. The van der Waals surface area contributed by atoms with Crippen molar-refractivity contribution in [3.63, 3.8) is 0 Å². The van der Waals surface area contributed by atoms with Gasteiger partial charge in [-0.15, -0.1) is 11.3 Å². The predicted octanol–water partition coefficient (Wildman–Crippen LogP) is 2.55. The van der Waals surface area contributed by atoms with E-state index in [9.17, 15) is 4.79 Å². The van der Waals surface area contributed by atoms with E-state index >= 15 is 0 Å². The second-order valence-corrected chi connectivity index (χ2v) is 5.24. The van der Waals surface area contributed by atoms with Crippen LogP contribution in [0.3, 0.4) is 0 Å². The van der Waals surface area contributed by atoms with Gasteiger partial charge >= 0.3 is 6.03 Å². The fourth-order valence-corrected chi connectivity index (χ4v) is 2.28. The second-order valence-electron chi connectivity index (χ2n) is 4.21. The summed E-state index contributed by atoms with van der Waals surface area (Å²) < 4.78 is 0. The normalized spacial score (nSPS) is 10.2. The summed E-state index contributed by atoms with van der Waals surface area (Å²) in [6.07, 6.45) is 2.43. The van der Waals surface area contributed by atoms with Crippen LogP contribution in [-0.2, 0) is 6.42 Å². The minimum Gasteiger partial charge on any atom is -0.327 e. The number of nitrogens with zero attached hydrogens (tertiary/aromatic N) is 3. The number of thiophene rings is 1. The van der Waals surface area contributed by atoms with Gasteiger partial charge in [-0.3, -0.25) is 0 Å². The van der Waals surface area contributed by atoms with Gasteiger partial charge in [-0.25, -0.2) is 4.79 Å². The number of aryl methyl sites for hydroxylation is 1. The van der Waals surface area contributed by atoms with Gasteiger partial charge in [0.15, 0.2) is 0 Å². The molecule has 0 bridgehead atoms. The zero-order valence-electron chi connectivity index (χ0n) is 11.0. The van der Waals surface area contributed by atoms with E-state index in [2.05, 4.69) is 21.6 Å². The van der Waals surface area contributed by atoms with E-state index in [0.29, 0.717) is 17.9 Å². The number of anilines is 1. The van der Waals surface area contributed by atoms with E-state index in [4.69, 9.17) is 0 Å². The lowest BCUT2D eigenvalue weighted by Crippen LogP contribution is -2.33. The largest absolute Gasteiger partial charge is 0.327 e. The molecule has 5 nitrogen and oxygen atoms in total. The smallest absolute Gasteiger partial charge is 0.321 e. The third-order valence-corrected chi connectivity index (χ3v) is 3.70. The fourth-order valence-electron chi connectivity index (χ4n) is 1.58. The van der Waals surface area contributed by atoms with Gasteiger partial charge in [-0.05, 0) is 30.9 Å². The molecule has 0 saturated carbocycles. The molecule has 1 N–H and O–H groups in total. The lowest BCUT2D eigenvalue weighted by Gasteiger charge is -2.17. The minimum atomic E-state index is -0.132. The average molecular weight is 276 g/mol. The third-order valence-electron chi connectivity index (χ3n) is 2.77. The maximum Gasteiger partial charge on any atom is 0.321 e. The summed E-state index contributed by atoms with van der Waals surface area (Å²) in [5.74, 6) is 0. The Balaban J connectivity index is 1.87. The van der Waals surface area contributed by atoms with E-state index in [1.165, 1.54) is 4.88 Å². The summed E-state index contributed by atoms with van der Waals surface area (Å²) in [4.78, 5) is 14.9. The highest BCUT2D eigenvalue weighted by Gasteiger charge is 2.10. The van der Waals surface area contributed by atoms with Crippen LogP contribution in [0.1, 0.15) is 10.6 Å². The number of aromatic nitrogens is 2. The third kappa shape index (κ3) is 3.75. The molecule has 0 aliphatic heterocycles. The topological polar surface area (TPSA) is 58.1 Å². The first-order valence-corrected chi connectivity index (χ1v) is 6.87. The zero-order valence-corrected chi connectivity index (χ0v) is 11.8. The van der Waals surface area contributed by atoms with Crippen LogP contribution in [0.4, 0.5) is 10.5 Å². The summed E-state index contributed by atoms with van der Waals surface area (Å²) in [5, 5.41) is 12.5. The Morgan fingerprint density at radius 1 is 1.47 bits per heavy atom. The standard InChI is InChI=1S/C13H16N4OS/c1-10-12(5-7-14-16-10)15-13(18)17(2)8-6-11-4-3-9-19-11/h3-5,7,9H,6,8H2,1-2H3,(H,14,15,18). The molecule has 100 valence electrons. The van der Waals surface area contributed by atoms with E-state index in [1.54, 1.807) is 35.5 Å². The number of hydrogen-bond acceptors (Lipinski definition) is 4. The maximum absolute atomic E-state index is 12.0. The molecule has 2 aromatic heterocycles. The molecule has 19 heavy (non-hydrogen) atoms. The highest BCUT2D eigenvalue weighted by atomic mass is 32.1. The number of likely N-dealkylation sites (N-methyl/N-ethyl adjacent to an activating group) is 1. The molecule has 0 fully saturated rings. The van der Waals surface area contributed by atoms with Crippen molar-refractivity contribution >= 4 is 23.1 Å². The lowest BCUT2D eigenvalue weighted by atomic mass is 10.3. The molecule has 0 atom stereocenters. The Bertz CT molecular complexity index is 541. The van der Waals surface area contributed by atoms with Crippen LogP contribution in [0.15, 0.2) is 29.8 Å². The van der Waals surface area contributed by atoms with Crippen LogP contribution in [0.5, 0.6) is 0 Å². The van der Waals surface area contributed by atoms with Gasteiger partial charge in [0.25, 0.3) is 0 Å². The van der Waals surface area contributed by atoms with Crippen LogP contribution in [0.25, 0.3) is 0 Å². The quantitative estimate of drug-likeness (QED) is 0.933. The molecule has 2 rings (SSSR count). The van der Waals surface area contributed by atoms with Gasteiger partial charge in [0.2, 0.25) is 0 Å². The van der Waals surface area contributed by atoms with E-state index in [0.717, 1.165) is 6.42 Å². The highest BCUT2D eigenvalue weighted by molar-refractivity contribution is 7.09. The van der Waals surface area contributed by atoms with Crippen LogP contribution < -0.4 is 5.32 Å². The van der Waals surface area contributed by atoms with Crippen molar-refractivity contribution in [2.45, 2.75) is 13.3 Å². The summed E-state index contributed by atoms with van der Waals surface area (Å²) >= 11 is 1.71. The Hall–Kier alpha value is -1.95. The Labute approximate surface area is 116 Å². The van der Waals surface area contributed by atoms with Gasteiger partial charge in [0.05, 0.1) is 17.6 Å². The van der Waals surface area contributed by atoms with Crippen LogP contribution in [0, 0.1) is 6.92 Å². The molecular formula is C13H16N4OS. The molecule has 0 aliphatic rings. The number of urea groups is 1. The summed E-state index contributed by atoms with van der Waals surface area (Å²) in [6, 6.07) is 5.71. The number of hydrogen-bond donors (Lipinski definition) is 1. The number of carbonyl (C=O) groups excluding carboxylic acids is 1. The number of nitrogens with one attached hydrogen (secondary N) is 1. The van der Waals surface area contributed by atoms with E-state index < -0.39 is 0 Å². The highest BCUT2D eigenvalue weighted by Crippen LogP contribution is 2.11. The van der Waals surface area contributed by atoms with Crippen LogP contribution in [0.2, 0.25) is 0 Å². The molecule has 0 unspecified atom stereocenters.